The normalized spacial score (nSPS) is 11.5. The van der Waals surface area contributed by atoms with Crippen molar-refractivity contribution in [2.45, 2.75) is 26.9 Å². The fraction of sp³-hybridized carbons (Fsp3) is 0.318. The van der Waals surface area contributed by atoms with Gasteiger partial charge in [0.1, 0.15) is 6.10 Å². The van der Waals surface area contributed by atoms with Gasteiger partial charge in [-0.3, -0.25) is 4.79 Å². The highest BCUT2D eigenvalue weighted by molar-refractivity contribution is 6.01. The molecule has 0 N–H and O–H groups in total. The molecule has 6 heteroatoms. The first-order valence-corrected chi connectivity index (χ1v) is 9.21. The van der Waals surface area contributed by atoms with Crippen molar-refractivity contribution >= 4 is 17.7 Å². The predicted molar refractivity (Wildman–Crippen MR) is 103 cm³/mol. The van der Waals surface area contributed by atoms with Gasteiger partial charge in [0, 0.05) is 12.2 Å². The van der Waals surface area contributed by atoms with Crippen LogP contribution >= 0.6 is 0 Å². The highest BCUT2D eigenvalue weighted by Gasteiger charge is 2.23. The number of hydrogen-bond acceptors (Lipinski definition) is 6. The van der Waals surface area contributed by atoms with Gasteiger partial charge in [0.25, 0.3) is 0 Å². The van der Waals surface area contributed by atoms with Crippen LogP contribution in [0.3, 0.4) is 0 Å². The average Bonchev–Trinajstić information content (AvgIpc) is 2.72. The molecule has 1 atom stereocenters. The maximum Gasteiger partial charge on any atom is 0.338 e. The monoisotopic (exact) mass is 384 g/mol. The third-order valence-electron chi connectivity index (χ3n) is 3.98. The summed E-state index contributed by atoms with van der Waals surface area (Å²) in [4.78, 5) is 36.5. The summed E-state index contributed by atoms with van der Waals surface area (Å²) >= 11 is 0. The Morgan fingerprint density at radius 1 is 0.679 bits per heavy atom. The molecule has 0 aliphatic heterocycles. The lowest BCUT2D eigenvalue weighted by molar-refractivity contribution is 0.0451. The number of carbonyl (C=O) groups is 3. The fourth-order valence-corrected chi connectivity index (χ4v) is 2.63. The molecule has 0 fully saturated rings. The van der Waals surface area contributed by atoms with E-state index in [1.807, 2.05) is 0 Å². The van der Waals surface area contributed by atoms with E-state index in [9.17, 15) is 14.4 Å². The van der Waals surface area contributed by atoms with Crippen molar-refractivity contribution in [3.8, 4) is 0 Å². The molecule has 0 saturated heterocycles. The van der Waals surface area contributed by atoms with Gasteiger partial charge in [0.15, 0.2) is 5.78 Å². The van der Waals surface area contributed by atoms with Crippen molar-refractivity contribution in [3.05, 3.63) is 70.8 Å². The Balaban J connectivity index is 2.22. The van der Waals surface area contributed by atoms with Gasteiger partial charge in [0.05, 0.1) is 24.3 Å². The number of Topliss-reactive ketones (excluding diaryl/α,β-unsaturated/α-hetero) is 1. The second kappa shape index (κ2) is 10.4. The minimum atomic E-state index is -0.810. The number of ether oxygens (including phenoxy) is 3. The molecule has 0 saturated carbocycles. The summed E-state index contributed by atoms with van der Waals surface area (Å²) in [6.07, 6.45) is -0.810. The smallest absolute Gasteiger partial charge is 0.338 e. The van der Waals surface area contributed by atoms with Crippen LogP contribution in [-0.2, 0) is 14.2 Å². The number of carbonyl (C=O) groups excluding carboxylic acids is 3. The summed E-state index contributed by atoms with van der Waals surface area (Å²) in [5.41, 5.74) is 1.84. The standard InChI is InChI=1S/C22H24O6/c1-4-26-20(16-9-13-18(14-10-16)22(25)28-6-3)19(23)15-7-11-17(12-8-15)21(24)27-5-2/h7-14,20H,4-6H2,1-3H3. The second-order valence-electron chi connectivity index (χ2n) is 5.84. The third kappa shape index (κ3) is 5.27. The number of benzene rings is 2. The zero-order valence-electron chi connectivity index (χ0n) is 16.3. The summed E-state index contributed by atoms with van der Waals surface area (Å²) in [6.45, 7) is 6.20. The SMILES string of the molecule is CCOC(=O)c1ccc(C(=O)C(OCC)c2ccc(C(=O)OCC)cc2)cc1. The van der Waals surface area contributed by atoms with E-state index in [-0.39, 0.29) is 12.4 Å². The molecule has 1 unspecified atom stereocenters. The van der Waals surface area contributed by atoms with Gasteiger partial charge in [0.2, 0.25) is 0 Å². The Kier molecular flexibility index (Phi) is 7.89. The maximum atomic E-state index is 12.9. The Bertz CT molecular complexity index is 808. The molecule has 28 heavy (non-hydrogen) atoms. The average molecular weight is 384 g/mol. The van der Waals surface area contributed by atoms with E-state index in [2.05, 4.69) is 0 Å². The Morgan fingerprint density at radius 3 is 1.54 bits per heavy atom. The first-order chi connectivity index (χ1) is 13.5. The Labute approximate surface area is 164 Å². The molecule has 0 heterocycles. The van der Waals surface area contributed by atoms with Crippen LogP contribution in [0.1, 0.15) is 63.5 Å². The zero-order valence-corrected chi connectivity index (χ0v) is 16.3. The van der Waals surface area contributed by atoms with E-state index in [0.29, 0.717) is 35.5 Å². The molecule has 0 bridgehead atoms. The molecule has 148 valence electrons. The van der Waals surface area contributed by atoms with Gasteiger partial charge in [-0.1, -0.05) is 24.3 Å². The second-order valence-corrected chi connectivity index (χ2v) is 5.84. The summed E-state index contributed by atoms with van der Waals surface area (Å²) in [7, 11) is 0. The van der Waals surface area contributed by atoms with Crippen LogP contribution in [0.4, 0.5) is 0 Å². The van der Waals surface area contributed by atoms with Gasteiger partial charge >= 0.3 is 11.9 Å². The van der Waals surface area contributed by atoms with E-state index in [1.54, 1.807) is 69.3 Å². The van der Waals surface area contributed by atoms with Crippen molar-refractivity contribution in [2.75, 3.05) is 19.8 Å². The number of ketones is 1. The van der Waals surface area contributed by atoms with Crippen molar-refractivity contribution < 1.29 is 28.6 Å². The van der Waals surface area contributed by atoms with Crippen molar-refractivity contribution in [1.82, 2.24) is 0 Å². The summed E-state index contributed by atoms with van der Waals surface area (Å²) in [5.74, 6) is -1.08. The molecule has 0 radical (unpaired) electrons. The van der Waals surface area contributed by atoms with E-state index in [4.69, 9.17) is 14.2 Å². The Morgan fingerprint density at radius 2 is 1.11 bits per heavy atom. The molecule has 0 spiro atoms. The lowest BCUT2D eigenvalue weighted by Crippen LogP contribution is -2.17. The fourth-order valence-electron chi connectivity index (χ4n) is 2.63. The van der Waals surface area contributed by atoms with Crippen LogP contribution in [0.25, 0.3) is 0 Å². The first kappa shape index (κ1) is 21.3. The zero-order chi connectivity index (χ0) is 20.5. The van der Waals surface area contributed by atoms with Crippen LogP contribution in [0.15, 0.2) is 48.5 Å². The summed E-state index contributed by atoms with van der Waals surface area (Å²) in [6, 6.07) is 12.8. The van der Waals surface area contributed by atoms with Gasteiger partial charge in [-0.25, -0.2) is 9.59 Å². The van der Waals surface area contributed by atoms with E-state index >= 15 is 0 Å². The molecule has 0 amide bonds. The molecule has 2 aromatic rings. The molecule has 0 aliphatic carbocycles. The quantitative estimate of drug-likeness (QED) is 0.480. The molecule has 2 rings (SSSR count). The van der Waals surface area contributed by atoms with Gasteiger partial charge in [-0.2, -0.15) is 0 Å². The number of esters is 2. The minimum absolute atomic E-state index is 0.235. The molecular formula is C22H24O6. The van der Waals surface area contributed by atoms with Gasteiger partial charge in [-0.15, -0.1) is 0 Å². The molecule has 0 aromatic heterocycles. The topological polar surface area (TPSA) is 78.9 Å². The largest absolute Gasteiger partial charge is 0.462 e. The van der Waals surface area contributed by atoms with E-state index < -0.39 is 18.0 Å². The lowest BCUT2D eigenvalue weighted by atomic mass is 9.98. The van der Waals surface area contributed by atoms with Crippen molar-refractivity contribution in [2.24, 2.45) is 0 Å². The molecule has 0 aliphatic rings. The lowest BCUT2D eigenvalue weighted by Gasteiger charge is -2.17. The highest BCUT2D eigenvalue weighted by Crippen LogP contribution is 2.24. The molecule has 2 aromatic carbocycles. The Hall–Kier alpha value is -2.99. The molecular weight excluding hydrogens is 360 g/mol. The maximum absolute atomic E-state index is 12.9. The van der Waals surface area contributed by atoms with E-state index in [1.165, 1.54) is 0 Å². The van der Waals surface area contributed by atoms with Gasteiger partial charge in [-0.05, 0) is 50.6 Å². The highest BCUT2D eigenvalue weighted by atomic mass is 16.5. The van der Waals surface area contributed by atoms with E-state index in [0.717, 1.165) is 0 Å². The van der Waals surface area contributed by atoms with Crippen molar-refractivity contribution in [1.29, 1.82) is 0 Å². The van der Waals surface area contributed by atoms with Crippen LogP contribution in [0, 0.1) is 0 Å². The van der Waals surface area contributed by atoms with Crippen molar-refractivity contribution in [3.63, 3.8) is 0 Å². The number of rotatable bonds is 9. The number of hydrogen-bond donors (Lipinski definition) is 0. The summed E-state index contributed by atoms with van der Waals surface area (Å²) < 4.78 is 15.6. The van der Waals surface area contributed by atoms with Crippen LogP contribution in [0.2, 0.25) is 0 Å². The molecule has 6 nitrogen and oxygen atoms in total. The summed E-state index contributed by atoms with van der Waals surface area (Å²) in [5, 5.41) is 0. The first-order valence-electron chi connectivity index (χ1n) is 9.21. The van der Waals surface area contributed by atoms with Gasteiger partial charge < -0.3 is 14.2 Å². The van der Waals surface area contributed by atoms with Crippen LogP contribution in [0.5, 0.6) is 0 Å². The predicted octanol–water partition coefficient (Wildman–Crippen LogP) is 4.00. The van der Waals surface area contributed by atoms with Crippen LogP contribution < -0.4 is 0 Å². The minimum Gasteiger partial charge on any atom is -0.462 e. The van der Waals surface area contributed by atoms with Crippen LogP contribution in [-0.4, -0.2) is 37.5 Å². The third-order valence-corrected chi connectivity index (χ3v) is 3.98.